The van der Waals surface area contributed by atoms with Crippen molar-refractivity contribution in [3.8, 4) is 0 Å². The Kier molecular flexibility index (Phi) is 10.0. The zero-order valence-corrected chi connectivity index (χ0v) is 10.8. The van der Waals surface area contributed by atoms with Gasteiger partial charge in [0.1, 0.15) is 0 Å². The minimum Gasteiger partial charge on any atom is -0.179 e. The van der Waals surface area contributed by atoms with Crippen LogP contribution < -0.4 is 0 Å². The van der Waals surface area contributed by atoms with Gasteiger partial charge in [-0.25, -0.2) is 0 Å². The van der Waals surface area contributed by atoms with Gasteiger partial charge in [0.05, 0.1) is 0 Å². The highest BCUT2D eigenvalue weighted by atomic mass is 32.1. The molecule has 0 saturated carbocycles. The Morgan fingerprint density at radius 3 is 1.25 bits per heavy atom. The first-order valence-electron chi connectivity index (χ1n) is 4.28. The Hall–Kier alpha value is 1.40. The molecule has 0 amide bonds. The predicted molar refractivity (Wildman–Crippen MR) is 71.7 cm³/mol. The molecule has 0 radical (unpaired) electrons. The molecule has 0 nitrogen and oxygen atoms in total. The molecule has 0 aromatic heterocycles. The molecular formula is C8H18S4. The van der Waals surface area contributed by atoms with E-state index in [1.165, 1.54) is 0 Å². The van der Waals surface area contributed by atoms with Crippen LogP contribution in [0.3, 0.4) is 0 Å². The molecule has 0 fully saturated rings. The van der Waals surface area contributed by atoms with Crippen molar-refractivity contribution < 1.29 is 0 Å². The topological polar surface area (TPSA) is 0 Å². The third kappa shape index (κ3) is 8.02. The maximum atomic E-state index is 4.45. The van der Waals surface area contributed by atoms with E-state index in [-0.39, 0.29) is 0 Å². The van der Waals surface area contributed by atoms with Gasteiger partial charge in [-0.15, -0.1) is 0 Å². The van der Waals surface area contributed by atoms with E-state index in [1.54, 1.807) is 0 Å². The minimum atomic E-state index is 0.497. The third-order valence-corrected chi connectivity index (χ3v) is 3.31. The number of rotatable bonds is 7. The first-order valence-corrected chi connectivity index (χ1v) is 6.58. The molecule has 0 spiro atoms. The van der Waals surface area contributed by atoms with Gasteiger partial charge in [-0.2, -0.15) is 50.5 Å². The van der Waals surface area contributed by atoms with Crippen LogP contribution in [0.15, 0.2) is 0 Å². The highest BCUT2D eigenvalue weighted by Gasteiger charge is 2.06. The highest BCUT2D eigenvalue weighted by Crippen LogP contribution is 2.16. The van der Waals surface area contributed by atoms with E-state index in [1.807, 2.05) is 0 Å². The average Bonchev–Trinajstić information content (AvgIpc) is 2.02. The molecule has 0 bridgehead atoms. The lowest BCUT2D eigenvalue weighted by Gasteiger charge is -2.12. The molecular weight excluding hydrogens is 224 g/mol. The number of thiol groups is 4. The molecule has 2 atom stereocenters. The molecule has 74 valence electrons. The molecule has 0 aliphatic rings. The van der Waals surface area contributed by atoms with Crippen molar-refractivity contribution in [3.05, 3.63) is 0 Å². The summed E-state index contributed by atoms with van der Waals surface area (Å²) in [5, 5.41) is 0.995. The van der Waals surface area contributed by atoms with E-state index in [2.05, 4.69) is 50.5 Å². The van der Waals surface area contributed by atoms with Crippen molar-refractivity contribution in [1.29, 1.82) is 0 Å². The van der Waals surface area contributed by atoms with Crippen LogP contribution in [0, 0.1) is 0 Å². The number of hydrogen-bond acceptors (Lipinski definition) is 4. The van der Waals surface area contributed by atoms with Gasteiger partial charge in [0.25, 0.3) is 0 Å². The number of hydrogen-bond donors (Lipinski definition) is 4. The van der Waals surface area contributed by atoms with Crippen molar-refractivity contribution in [2.75, 3.05) is 11.5 Å². The Morgan fingerprint density at radius 2 is 1.00 bits per heavy atom. The van der Waals surface area contributed by atoms with Gasteiger partial charge in [-0.3, -0.25) is 0 Å². The zero-order valence-electron chi connectivity index (χ0n) is 7.19. The fourth-order valence-corrected chi connectivity index (χ4v) is 2.56. The van der Waals surface area contributed by atoms with Gasteiger partial charge in [0, 0.05) is 10.5 Å². The second-order valence-electron chi connectivity index (χ2n) is 2.91. The Bertz CT molecular complexity index is 85.1. The maximum absolute atomic E-state index is 4.45. The monoisotopic (exact) mass is 242 g/mol. The summed E-state index contributed by atoms with van der Waals surface area (Å²) < 4.78 is 0. The SMILES string of the molecule is SCCC(S)CCC(S)CCS. The fourth-order valence-electron chi connectivity index (χ4n) is 0.971. The summed E-state index contributed by atoms with van der Waals surface area (Å²) in [7, 11) is 0. The zero-order chi connectivity index (χ0) is 9.40. The predicted octanol–water partition coefficient (Wildman–Crippen LogP) is 3.00. The minimum absolute atomic E-state index is 0.497. The average molecular weight is 242 g/mol. The van der Waals surface area contributed by atoms with Crippen LogP contribution in [0.1, 0.15) is 25.7 Å². The van der Waals surface area contributed by atoms with Gasteiger partial charge in [-0.1, -0.05) is 0 Å². The van der Waals surface area contributed by atoms with Crippen LogP contribution >= 0.6 is 50.5 Å². The summed E-state index contributed by atoms with van der Waals surface area (Å²) in [6, 6.07) is 0. The molecule has 0 aliphatic heterocycles. The summed E-state index contributed by atoms with van der Waals surface area (Å²) in [5.41, 5.74) is 0. The summed E-state index contributed by atoms with van der Waals surface area (Å²) in [5.74, 6) is 1.86. The fraction of sp³-hybridized carbons (Fsp3) is 1.00. The lowest BCUT2D eigenvalue weighted by molar-refractivity contribution is 0.657. The molecule has 0 heterocycles. The smallest absolute Gasteiger partial charge is 0.00249 e. The van der Waals surface area contributed by atoms with Gasteiger partial charge < -0.3 is 0 Å². The summed E-state index contributed by atoms with van der Waals surface area (Å²) in [6.45, 7) is 0. The third-order valence-electron chi connectivity index (χ3n) is 1.76. The Balaban J connectivity index is 3.27. The van der Waals surface area contributed by atoms with E-state index in [9.17, 15) is 0 Å². The lowest BCUT2D eigenvalue weighted by atomic mass is 10.1. The summed E-state index contributed by atoms with van der Waals surface area (Å²) in [6.07, 6.45) is 4.47. The molecule has 0 aromatic carbocycles. The van der Waals surface area contributed by atoms with E-state index in [4.69, 9.17) is 0 Å². The van der Waals surface area contributed by atoms with Gasteiger partial charge in [0.2, 0.25) is 0 Å². The van der Waals surface area contributed by atoms with Crippen LogP contribution in [0.4, 0.5) is 0 Å². The van der Waals surface area contributed by atoms with Crippen LogP contribution in [-0.2, 0) is 0 Å². The maximum Gasteiger partial charge on any atom is 0.00249 e. The lowest BCUT2D eigenvalue weighted by Crippen LogP contribution is -2.06. The van der Waals surface area contributed by atoms with Crippen molar-refractivity contribution in [3.63, 3.8) is 0 Å². The first kappa shape index (κ1) is 13.4. The highest BCUT2D eigenvalue weighted by molar-refractivity contribution is 7.82. The van der Waals surface area contributed by atoms with E-state index in [0.29, 0.717) is 10.5 Å². The molecule has 0 N–H and O–H groups in total. The van der Waals surface area contributed by atoms with Gasteiger partial charge in [-0.05, 0) is 37.2 Å². The van der Waals surface area contributed by atoms with E-state index in [0.717, 1.165) is 37.2 Å². The van der Waals surface area contributed by atoms with E-state index < -0.39 is 0 Å². The summed E-state index contributed by atoms with van der Waals surface area (Å²) in [4.78, 5) is 0. The molecule has 0 rings (SSSR count). The quantitative estimate of drug-likeness (QED) is 0.485. The Morgan fingerprint density at radius 1 is 0.667 bits per heavy atom. The Labute approximate surface area is 97.9 Å². The largest absolute Gasteiger partial charge is 0.179 e. The van der Waals surface area contributed by atoms with Crippen molar-refractivity contribution in [2.24, 2.45) is 0 Å². The second kappa shape index (κ2) is 8.97. The van der Waals surface area contributed by atoms with Crippen LogP contribution in [-0.4, -0.2) is 22.0 Å². The van der Waals surface area contributed by atoms with Gasteiger partial charge in [0.15, 0.2) is 0 Å². The molecule has 0 saturated heterocycles. The second-order valence-corrected chi connectivity index (χ2v) is 5.26. The molecule has 12 heavy (non-hydrogen) atoms. The van der Waals surface area contributed by atoms with Crippen LogP contribution in [0.5, 0.6) is 0 Å². The van der Waals surface area contributed by atoms with Crippen molar-refractivity contribution in [2.45, 2.75) is 36.2 Å². The summed E-state index contributed by atoms with van der Waals surface area (Å²) >= 11 is 17.2. The normalized spacial score (nSPS) is 16.0. The van der Waals surface area contributed by atoms with E-state index >= 15 is 0 Å². The molecule has 0 aliphatic carbocycles. The van der Waals surface area contributed by atoms with Gasteiger partial charge >= 0.3 is 0 Å². The molecule has 2 unspecified atom stereocenters. The molecule has 0 aromatic rings. The van der Waals surface area contributed by atoms with Crippen molar-refractivity contribution in [1.82, 2.24) is 0 Å². The standard InChI is InChI=1S/C8H18S4/c9-5-3-7(11)1-2-8(12)4-6-10/h7-12H,1-6H2. The van der Waals surface area contributed by atoms with Crippen LogP contribution in [0.25, 0.3) is 0 Å². The van der Waals surface area contributed by atoms with Crippen LogP contribution in [0.2, 0.25) is 0 Å². The first-order chi connectivity index (χ1) is 5.70. The van der Waals surface area contributed by atoms with Crippen molar-refractivity contribution >= 4 is 50.5 Å². The molecule has 4 heteroatoms.